The second-order valence-electron chi connectivity index (χ2n) is 4.79. The van der Waals surface area contributed by atoms with E-state index in [-0.39, 0.29) is 5.97 Å². The summed E-state index contributed by atoms with van der Waals surface area (Å²) in [4.78, 5) is 17.8. The van der Waals surface area contributed by atoms with E-state index in [2.05, 4.69) is 42.4 Å². The van der Waals surface area contributed by atoms with Gasteiger partial charge in [0, 0.05) is 24.9 Å². The van der Waals surface area contributed by atoms with Crippen molar-refractivity contribution in [2.75, 3.05) is 19.1 Å². The van der Waals surface area contributed by atoms with Crippen molar-refractivity contribution in [2.45, 2.75) is 39.7 Å². The number of ether oxygens (including phenoxy) is 1. The van der Waals surface area contributed by atoms with Crippen molar-refractivity contribution in [1.82, 2.24) is 4.98 Å². The minimum atomic E-state index is -0.187. The molecular weight excluding hydrogens is 248 g/mol. The van der Waals surface area contributed by atoms with Gasteiger partial charge in [0.15, 0.2) is 5.13 Å². The molecule has 0 spiro atoms. The molecule has 0 amide bonds. The fourth-order valence-corrected chi connectivity index (χ4v) is 2.44. The third kappa shape index (κ3) is 3.98. The van der Waals surface area contributed by atoms with Crippen LogP contribution in [0.2, 0.25) is 0 Å². The molecule has 0 saturated carbocycles. The Kier molecular flexibility index (Phi) is 5.59. The normalized spacial score (nSPS) is 12.6. The van der Waals surface area contributed by atoms with Crippen molar-refractivity contribution < 1.29 is 9.53 Å². The molecule has 18 heavy (non-hydrogen) atoms. The SMILES string of the molecule is COC(=O)CCc1csc(N(C)C(C)C(C)C)n1. The summed E-state index contributed by atoms with van der Waals surface area (Å²) < 4.78 is 4.62. The zero-order chi connectivity index (χ0) is 13.7. The highest BCUT2D eigenvalue weighted by Gasteiger charge is 2.16. The summed E-state index contributed by atoms with van der Waals surface area (Å²) in [7, 11) is 3.47. The number of aromatic nitrogens is 1. The van der Waals surface area contributed by atoms with Crippen LogP contribution in [0.3, 0.4) is 0 Å². The number of esters is 1. The quantitative estimate of drug-likeness (QED) is 0.745. The maximum atomic E-state index is 11.1. The van der Waals surface area contributed by atoms with Gasteiger partial charge in [0.05, 0.1) is 19.2 Å². The summed E-state index contributed by atoms with van der Waals surface area (Å²) in [5.74, 6) is 0.394. The highest BCUT2D eigenvalue weighted by atomic mass is 32.1. The van der Waals surface area contributed by atoms with E-state index in [1.165, 1.54) is 7.11 Å². The van der Waals surface area contributed by atoms with Gasteiger partial charge in [-0.15, -0.1) is 11.3 Å². The largest absolute Gasteiger partial charge is 0.469 e. The van der Waals surface area contributed by atoms with Gasteiger partial charge in [-0.05, 0) is 12.8 Å². The summed E-state index contributed by atoms with van der Waals surface area (Å²) in [6.07, 6.45) is 1.04. The lowest BCUT2D eigenvalue weighted by atomic mass is 10.1. The smallest absolute Gasteiger partial charge is 0.305 e. The molecule has 1 rings (SSSR count). The first-order valence-electron chi connectivity index (χ1n) is 6.19. The van der Waals surface area contributed by atoms with E-state index < -0.39 is 0 Å². The number of nitrogens with zero attached hydrogens (tertiary/aromatic N) is 2. The van der Waals surface area contributed by atoms with Gasteiger partial charge < -0.3 is 9.64 Å². The van der Waals surface area contributed by atoms with Gasteiger partial charge in [-0.2, -0.15) is 0 Å². The maximum Gasteiger partial charge on any atom is 0.305 e. The Labute approximate surface area is 113 Å². The predicted molar refractivity (Wildman–Crippen MR) is 75.2 cm³/mol. The second kappa shape index (κ2) is 6.73. The average Bonchev–Trinajstić information content (AvgIpc) is 2.82. The van der Waals surface area contributed by atoms with Crippen molar-refractivity contribution in [3.63, 3.8) is 0 Å². The Morgan fingerprint density at radius 1 is 1.50 bits per heavy atom. The topological polar surface area (TPSA) is 42.4 Å². The lowest BCUT2D eigenvalue weighted by molar-refractivity contribution is -0.140. The molecule has 1 aromatic rings. The van der Waals surface area contributed by atoms with Crippen molar-refractivity contribution in [3.05, 3.63) is 11.1 Å². The van der Waals surface area contributed by atoms with Crippen LogP contribution in [0, 0.1) is 5.92 Å². The third-order valence-electron chi connectivity index (χ3n) is 3.23. The van der Waals surface area contributed by atoms with E-state index in [0.29, 0.717) is 24.8 Å². The molecule has 0 aliphatic heterocycles. The number of carbonyl (C=O) groups excluding carboxylic acids is 1. The van der Waals surface area contributed by atoms with Crippen molar-refractivity contribution in [3.8, 4) is 0 Å². The van der Waals surface area contributed by atoms with Crippen LogP contribution in [-0.4, -0.2) is 31.2 Å². The molecule has 0 saturated heterocycles. The van der Waals surface area contributed by atoms with Crippen LogP contribution in [0.15, 0.2) is 5.38 Å². The Morgan fingerprint density at radius 2 is 2.17 bits per heavy atom. The Bertz CT molecular complexity index is 390. The first kappa shape index (κ1) is 15.0. The minimum absolute atomic E-state index is 0.187. The standard InChI is InChI=1S/C13H22N2O2S/c1-9(2)10(3)15(4)13-14-11(8-18-13)6-7-12(16)17-5/h8-10H,6-7H2,1-5H3. The zero-order valence-electron chi connectivity index (χ0n) is 11.8. The van der Waals surface area contributed by atoms with Crippen LogP contribution in [0.25, 0.3) is 0 Å². The van der Waals surface area contributed by atoms with E-state index in [0.717, 1.165) is 10.8 Å². The van der Waals surface area contributed by atoms with Crippen LogP contribution in [0.1, 0.15) is 32.9 Å². The minimum Gasteiger partial charge on any atom is -0.469 e. The van der Waals surface area contributed by atoms with E-state index >= 15 is 0 Å². The number of methoxy groups -OCH3 is 1. The molecule has 1 heterocycles. The Morgan fingerprint density at radius 3 is 2.72 bits per heavy atom. The first-order valence-corrected chi connectivity index (χ1v) is 7.07. The third-order valence-corrected chi connectivity index (χ3v) is 4.21. The van der Waals surface area contributed by atoms with E-state index in [9.17, 15) is 4.79 Å². The number of hydrogen-bond donors (Lipinski definition) is 0. The molecular formula is C13H22N2O2S. The van der Waals surface area contributed by atoms with Crippen molar-refractivity contribution >= 4 is 22.4 Å². The molecule has 5 heteroatoms. The van der Waals surface area contributed by atoms with Gasteiger partial charge in [-0.25, -0.2) is 4.98 Å². The van der Waals surface area contributed by atoms with Gasteiger partial charge in [0.25, 0.3) is 0 Å². The van der Waals surface area contributed by atoms with Crippen LogP contribution >= 0.6 is 11.3 Å². The molecule has 0 aliphatic rings. The zero-order valence-corrected chi connectivity index (χ0v) is 12.6. The Balaban J connectivity index is 2.60. The number of carbonyl (C=O) groups is 1. The second-order valence-corrected chi connectivity index (χ2v) is 5.63. The molecule has 0 aromatic carbocycles. The molecule has 0 N–H and O–H groups in total. The molecule has 0 bridgehead atoms. The van der Waals surface area contributed by atoms with E-state index in [1.807, 2.05) is 5.38 Å². The van der Waals surface area contributed by atoms with Gasteiger partial charge in [-0.3, -0.25) is 4.79 Å². The average molecular weight is 270 g/mol. The number of aryl methyl sites for hydroxylation is 1. The summed E-state index contributed by atoms with van der Waals surface area (Å²) >= 11 is 1.63. The van der Waals surface area contributed by atoms with Crippen LogP contribution in [-0.2, 0) is 16.0 Å². The molecule has 102 valence electrons. The van der Waals surface area contributed by atoms with Crippen molar-refractivity contribution in [2.24, 2.45) is 5.92 Å². The Hall–Kier alpha value is -1.10. The number of anilines is 1. The van der Waals surface area contributed by atoms with Gasteiger partial charge in [-0.1, -0.05) is 13.8 Å². The monoisotopic (exact) mass is 270 g/mol. The number of thiazole rings is 1. The summed E-state index contributed by atoms with van der Waals surface area (Å²) in [6.45, 7) is 6.60. The van der Waals surface area contributed by atoms with Crippen LogP contribution < -0.4 is 4.90 Å². The molecule has 1 atom stereocenters. The lowest BCUT2D eigenvalue weighted by Gasteiger charge is -2.27. The summed E-state index contributed by atoms with van der Waals surface area (Å²) in [6, 6.07) is 0.449. The number of rotatable bonds is 6. The highest BCUT2D eigenvalue weighted by molar-refractivity contribution is 7.13. The molecule has 0 fully saturated rings. The maximum absolute atomic E-state index is 11.1. The van der Waals surface area contributed by atoms with Crippen molar-refractivity contribution in [1.29, 1.82) is 0 Å². The summed E-state index contributed by atoms with van der Waals surface area (Å²) in [5.41, 5.74) is 0.961. The van der Waals surface area contributed by atoms with Crippen LogP contribution in [0.4, 0.5) is 5.13 Å². The molecule has 1 aromatic heterocycles. The fourth-order valence-electron chi connectivity index (χ4n) is 1.53. The molecule has 4 nitrogen and oxygen atoms in total. The lowest BCUT2D eigenvalue weighted by Crippen LogP contribution is -2.33. The molecule has 0 aliphatic carbocycles. The van der Waals surface area contributed by atoms with Gasteiger partial charge in [0.2, 0.25) is 0 Å². The summed E-state index contributed by atoms with van der Waals surface area (Å²) in [5, 5.41) is 3.03. The van der Waals surface area contributed by atoms with Crippen LogP contribution in [0.5, 0.6) is 0 Å². The van der Waals surface area contributed by atoms with E-state index in [1.54, 1.807) is 11.3 Å². The molecule has 0 radical (unpaired) electrons. The van der Waals surface area contributed by atoms with E-state index in [4.69, 9.17) is 0 Å². The molecule has 1 unspecified atom stereocenters. The fraction of sp³-hybridized carbons (Fsp3) is 0.692. The highest BCUT2D eigenvalue weighted by Crippen LogP contribution is 2.24. The number of hydrogen-bond acceptors (Lipinski definition) is 5. The van der Waals surface area contributed by atoms with Gasteiger partial charge in [0.1, 0.15) is 0 Å². The first-order chi connectivity index (χ1) is 8.45. The van der Waals surface area contributed by atoms with Gasteiger partial charge >= 0.3 is 5.97 Å². The predicted octanol–water partition coefficient (Wildman–Crippen LogP) is 2.73.